The number of fused-ring (bicyclic) bond motifs is 1. The van der Waals surface area contributed by atoms with E-state index < -0.39 is 10.0 Å². The van der Waals surface area contributed by atoms with Crippen LogP contribution in [0.5, 0.6) is 0 Å². The van der Waals surface area contributed by atoms with Gasteiger partial charge in [0.2, 0.25) is 10.0 Å². The van der Waals surface area contributed by atoms with Crippen LogP contribution < -0.4 is 4.90 Å². The number of carbonyl (C=O) groups excluding carboxylic acids is 1. The second-order valence-corrected chi connectivity index (χ2v) is 8.56. The van der Waals surface area contributed by atoms with Gasteiger partial charge in [0.15, 0.2) is 0 Å². The first-order valence-electron chi connectivity index (χ1n) is 8.55. The van der Waals surface area contributed by atoms with Crippen molar-refractivity contribution in [3.63, 3.8) is 0 Å². The molecule has 3 heterocycles. The predicted molar refractivity (Wildman–Crippen MR) is 95.2 cm³/mol. The van der Waals surface area contributed by atoms with E-state index in [4.69, 9.17) is 0 Å². The van der Waals surface area contributed by atoms with E-state index in [0.717, 1.165) is 30.5 Å². The van der Waals surface area contributed by atoms with Gasteiger partial charge >= 0.3 is 0 Å². The van der Waals surface area contributed by atoms with Gasteiger partial charge in [-0.25, -0.2) is 8.42 Å². The minimum Gasteiger partial charge on any atom is -0.345 e. The Hall–Kier alpha value is -2.12. The number of rotatable bonds is 3. The number of sulfonamides is 1. The summed E-state index contributed by atoms with van der Waals surface area (Å²) in [6.07, 6.45) is 4.15. The highest BCUT2D eigenvalue weighted by atomic mass is 32.2. The van der Waals surface area contributed by atoms with Crippen molar-refractivity contribution in [2.24, 2.45) is 7.05 Å². The third kappa shape index (κ3) is 2.67. The van der Waals surface area contributed by atoms with Gasteiger partial charge in [-0.2, -0.15) is 4.31 Å². The quantitative estimate of drug-likeness (QED) is 0.842. The number of hydrogen-bond donors (Lipinski definition) is 0. The van der Waals surface area contributed by atoms with Crippen LogP contribution in [0, 0.1) is 0 Å². The number of aromatic nitrogens is 1. The Kier molecular flexibility index (Phi) is 3.92. The molecule has 0 aliphatic carbocycles. The van der Waals surface area contributed by atoms with Crippen LogP contribution in [0.3, 0.4) is 0 Å². The summed E-state index contributed by atoms with van der Waals surface area (Å²) in [7, 11) is -1.80. The molecule has 25 heavy (non-hydrogen) atoms. The zero-order valence-corrected chi connectivity index (χ0v) is 15.0. The van der Waals surface area contributed by atoms with Gasteiger partial charge in [-0.15, -0.1) is 0 Å². The van der Waals surface area contributed by atoms with Gasteiger partial charge < -0.3 is 9.47 Å². The van der Waals surface area contributed by atoms with E-state index in [9.17, 15) is 13.2 Å². The largest absolute Gasteiger partial charge is 0.345 e. The van der Waals surface area contributed by atoms with Crippen LogP contribution in [0.25, 0.3) is 0 Å². The summed E-state index contributed by atoms with van der Waals surface area (Å²) >= 11 is 0. The van der Waals surface area contributed by atoms with Crippen molar-refractivity contribution < 1.29 is 13.2 Å². The zero-order valence-electron chi connectivity index (χ0n) is 14.2. The molecule has 2 aromatic rings. The van der Waals surface area contributed by atoms with Crippen molar-refractivity contribution in [1.29, 1.82) is 0 Å². The molecule has 0 atom stereocenters. The Morgan fingerprint density at radius 2 is 1.80 bits per heavy atom. The van der Waals surface area contributed by atoms with Crippen LogP contribution in [0.2, 0.25) is 0 Å². The summed E-state index contributed by atoms with van der Waals surface area (Å²) in [4.78, 5) is 14.9. The molecule has 1 fully saturated rings. The number of carbonyl (C=O) groups is 1. The number of anilines is 1. The lowest BCUT2D eigenvalue weighted by atomic mass is 10.2. The van der Waals surface area contributed by atoms with Crippen molar-refractivity contribution in [1.82, 2.24) is 8.87 Å². The number of aryl methyl sites for hydroxylation is 1. The van der Waals surface area contributed by atoms with Crippen LogP contribution in [0.1, 0.15) is 28.9 Å². The number of amides is 1. The van der Waals surface area contributed by atoms with Crippen LogP contribution in [0.15, 0.2) is 41.4 Å². The molecule has 1 saturated heterocycles. The molecule has 0 unspecified atom stereocenters. The van der Waals surface area contributed by atoms with Crippen LogP contribution in [0.4, 0.5) is 5.69 Å². The Balaban J connectivity index is 1.66. The maximum Gasteiger partial charge on any atom is 0.274 e. The molecule has 7 heteroatoms. The van der Waals surface area contributed by atoms with E-state index in [1.807, 2.05) is 24.3 Å². The number of benzene rings is 1. The van der Waals surface area contributed by atoms with Gasteiger partial charge in [0, 0.05) is 38.6 Å². The lowest BCUT2D eigenvalue weighted by Crippen LogP contribution is -2.30. The Bertz CT molecular complexity index is 927. The minimum atomic E-state index is -3.52. The predicted octanol–water partition coefficient (Wildman–Crippen LogP) is 2.01. The third-order valence-corrected chi connectivity index (χ3v) is 6.90. The van der Waals surface area contributed by atoms with Crippen molar-refractivity contribution in [2.45, 2.75) is 24.2 Å². The van der Waals surface area contributed by atoms with Crippen LogP contribution in [-0.2, 0) is 23.5 Å². The molecule has 2 aliphatic heterocycles. The molecule has 0 bridgehead atoms. The SMILES string of the molecule is Cn1cc(S(=O)(=O)N2CCCC2)cc1C(=O)N1CCc2ccccc21. The third-order valence-electron chi connectivity index (χ3n) is 5.03. The summed E-state index contributed by atoms with van der Waals surface area (Å²) in [5, 5.41) is 0. The lowest BCUT2D eigenvalue weighted by Gasteiger charge is -2.17. The highest BCUT2D eigenvalue weighted by molar-refractivity contribution is 7.89. The van der Waals surface area contributed by atoms with Gasteiger partial charge in [-0.3, -0.25) is 4.79 Å². The first-order valence-corrected chi connectivity index (χ1v) is 9.99. The topological polar surface area (TPSA) is 62.6 Å². The number of hydrogen-bond acceptors (Lipinski definition) is 3. The summed E-state index contributed by atoms with van der Waals surface area (Å²) in [6, 6.07) is 9.35. The van der Waals surface area contributed by atoms with Gasteiger partial charge in [-0.05, 0) is 37.0 Å². The van der Waals surface area contributed by atoms with Crippen molar-refractivity contribution in [2.75, 3.05) is 24.5 Å². The molecule has 0 radical (unpaired) electrons. The van der Waals surface area contributed by atoms with Crippen molar-refractivity contribution in [3.8, 4) is 0 Å². The van der Waals surface area contributed by atoms with E-state index >= 15 is 0 Å². The summed E-state index contributed by atoms with van der Waals surface area (Å²) in [6.45, 7) is 1.73. The fourth-order valence-corrected chi connectivity index (χ4v) is 5.24. The molecular formula is C18H21N3O3S. The molecule has 6 nitrogen and oxygen atoms in total. The average Bonchev–Trinajstić information content (AvgIpc) is 3.33. The maximum absolute atomic E-state index is 13.0. The summed E-state index contributed by atoms with van der Waals surface area (Å²) in [5.41, 5.74) is 2.46. The minimum absolute atomic E-state index is 0.157. The van der Waals surface area contributed by atoms with Gasteiger partial charge in [0.05, 0.1) is 0 Å². The monoisotopic (exact) mass is 359 g/mol. The number of nitrogens with zero attached hydrogens (tertiary/aromatic N) is 3. The molecule has 0 saturated carbocycles. The molecule has 0 N–H and O–H groups in total. The Morgan fingerprint density at radius 1 is 1.08 bits per heavy atom. The van der Waals surface area contributed by atoms with Crippen LogP contribution in [-0.4, -0.2) is 42.8 Å². The highest BCUT2D eigenvalue weighted by Crippen LogP contribution is 2.30. The molecule has 132 valence electrons. The first-order chi connectivity index (χ1) is 12.0. The van der Waals surface area contributed by atoms with Crippen molar-refractivity contribution in [3.05, 3.63) is 47.8 Å². The van der Waals surface area contributed by atoms with Gasteiger partial charge in [0.1, 0.15) is 10.6 Å². The van der Waals surface area contributed by atoms with E-state index in [0.29, 0.717) is 25.3 Å². The Labute approximate surface area is 147 Å². The normalized spacial score (nSPS) is 17.9. The average molecular weight is 359 g/mol. The van der Waals surface area contributed by atoms with E-state index in [2.05, 4.69) is 0 Å². The molecule has 4 rings (SSSR count). The van der Waals surface area contributed by atoms with E-state index in [1.165, 1.54) is 10.4 Å². The molecule has 2 aliphatic rings. The smallest absolute Gasteiger partial charge is 0.274 e. The molecular weight excluding hydrogens is 338 g/mol. The first kappa shape index (κ1) is 16.4. The van der Waals surface area contributed by atoms with Gasteiger partial charge in [-0.1, -0.05) is 18.2 Å². The van der Waals surface area contributed by atoms with Crippen molar-refractivity contribution >= 4 is 21.6 Å². The lowest BCUT2D eigenvalue weighted by molar-refractivity contribution is 0.0981. The van der Waals surface area contributed by atoms with E-state index in [-0.39, 0.29) is 10.8 Å². The highest BCUT2D eigenvalue weighted by Gasteiger charge is 2.31. The molecule has 1 amide bonds. The Morgan fingerprint density at radius 3 is 2.56 bits per heavy atom. The zero-order chi connectivity index (χ0) is 17.6. The molecule has 0 spiro atoms. The fourth-order valence-electron chi connectivity index (χ4n) is 3.65. The summed E-state index contributed by atoms with van der Waals surface area (Å²) < 4.78 is 28.6. The molecule has 1 aromatic carbocycles. The number of para-hydroxylation sites is 1. The van der Waals surface area contributed by atoms with E-state index in [1.54, 1.807) is 22.7 Å². The fraction of sp³-hybridized carbons (Fsp3) is 0.389. The maximum atomic E-state index is 13.0. The standard InChI is InChI=1S/C18H21N3O3S/c1-19-13-15(25(23,24)20-9-4-5-10-20)12-17(19)18(22)21-11-8-14-6-2-3-7-16(14)21/h2-3,6-7,12-13H,4-5,8-11H2,1H3. The second kappa shape index (κ2) is 6.00. The summed E-state index contributed by atoms with van der Waals surface area (Å²) in [5.74, 6) is -0.157. The molecule has 1 aromatic heterocycles. The second-order valence-electron chi connectivity index (χ2n) is 6.62. The van der Waals surface area contributed by atoms with Gasteiger partial charge in [0.25, 0.3) is 5.91 Å². The van der Waals surface area contributed by atoms with Crippen LogP contribution >= 0.6 is 0 Å².